The molecule has 1 aromatic carbocycles. The summed E-state index contributed by atoms with van der Waals surface area (Å²) < 4.78 is 5.28. The first-order valence-electron chi connectivity index (χ1n) is 6.14. The molecule has 0 radical (unpaired) electrons. The van der Waals surface area contributed by atoms with Crippen molar-refractivity contribution in [3.05, 3.63) is 29.3 Å². The molecule has 2 aliphatic carbocycles. The third kappa shape index (κ3) is 1.23. The largest absolute Gasteiger partial charge is 0.497 e. The Kier molecular flexibility index (Phi) is 2.21. The van der Waals surface area contributed by atoms with E-state index >= 15 is 0 Å². The Hall–Kier alpha value is -1.02. The van der Waals surface area contributed by atoms with Crippen LogP contribution in [0.25, 0.3) is 0 Å². The number of methoxy groups -OCH3 is 1. The number of hydrogen-bond donors (Lipinski definition) is 1. The standard InChI is InChI=1S/C14H19NO/c1-8-13-11-6-4-10(16-2)7-9(11)3-5-12(13)14(8)15/h4,6-8,12-14H,3,5,15H2,1-2H3. The van der Waals surface area contributed by atoms with Gasteiger partial charge in [0.25, 0.3) is 0 Å². The van der Waals surface area contributed by atoms with Gasteiger partial charge in [-0.2, -0.15) is 0 Å². The molecular formula is C14H19NO. The molecule has 1 fully saturated rings. The van der Waals surface area contributed by atoms with E-state index in [9.17, 15) is 0 Å². The lowest BCUT2D eigenvalue weighted by Crippen LogP contribution is -2.55. The van der Waals surface area contributed by atoms with Gasteiger partial charge in [0.2, 0.25) is 0 Å². The molecule has 2 heteroatoms. The minimum absolute atomic E-state index is 0.417. The summed E-state index contributed by atoms with van der Waals surface area (Å²) in [6.45, 7) is 2.28. The Balaban J connectivity index is 1.98. The molecular weight excluding hydrogens is 198 g/mol. The molecule has 3 rings (SSSR count). The maximum atomic E-state index is 6.17. The Bertz CT molecular complexity index is 415. The van der Waals surface area contributed by atoms with Gasteiger partial charge in [-0.25, -0.2) is 0 Å². The van der Waals surface area contributed by atoms with Gasteiger partial charge in [0.15, 0.2) is 0 Å². The van der Waals surface area contributed by atoms with E-state index in [1.54, 1.807) is 7.11 Å². The van der Waals surface area contributed by atoms with Gasteiger partial charge in [0, 0.05) is 6.04 Å². The van der Waals surface area contributed by atoms with E-state index in [4.69, 9.17) is 10.5 Å². The molecule has 0 aliphatic heterocycles. The summed E-state index contributed by atoms with van der Waals surface area (Å²) in [7, 11) is 1.73. The highest BCUT2D eigenvalue weighted by atomic mass is 16.5. The zero-order chi connectivity index (χ0) is 11.3. The van der Waals surface area contributed by atoms with Crippen LogP contribution in [0.4, 0.5) is 0 Å². The number of nitrogens with two attached hydrogens (primary N) is 1. The normalized spacial score (nSPS) is 35.9. The average molecular weight is 217 g/mol. The number of hydrogen-bond acceptors (Lipinski definition) is 2. The SMILES string of the molecule is COc1ccc2c(c1)CCC1C(N)C(C)C21. The molecule has 0 saturated heterocycles. The summed E-state index contributed by atoms with van der Waals surface area (Å²) in [6.07, 6.45) is 2.41. The van der Waals surface area contributed by atoms with Gasteiger partial charge < -0.3 is 10.5 Å². The zero-order valence-corrected chi connectivity index (χ0v) is 9.94. The van der Waals surface area contributed by atoms with Crippen LogP contribution in [0.1, 0.15) is 30.4 Å². The zero-order valence-electron chi connectivity index (χ0n) is 9.94. The van der Waals surface area contributed by atoms with Gasteiger partial charge in [-0.3, -0.25) is 0 Å². The number of benzene rings is 1. The summed E-state index contributed by atoms with van der Waals surface area (Å²) in [5.41, 5.74) is 9.16. The molecule has 1 saturated carbocycles. The lowest BCUT2D eigenvalue weighted by Gasteiger charge is -2.52. The van der Waals surface area contributed by atoms with Gasteiger partial charge in [0.05, 0.1) is 7.11 Å². The van der Waals surface area contributed by atoms with Crippen molar-refractivity contribution in [1.82, 2.24) is 0 Å². The molecule has 0 bridgehead atoms. The number of aryl methyl sites for hydroxylation is 1. The van der Waals surface area contributed by atoms with E-state index in [2.05, 4.69) is 25.1 Å². The number of ether oxygens (including phenoxy) is 1. The van der Waals surface area contributed by atoms with E-state index < -0.39 is 0 Å². The summed E-state index contributed by atoms with van der Waals surface area (Å²) in [5.74, 6) is 3.03. The quantitative estimate of drug-likeness (QED) is 0.783. The fourth-order valence-electron chi connectivity index (χ4n) is 3.57. The molecule has 86 valence electrons. The second-order valence-electron chi connectivity index (χ2n) is 5.23. The van der Waals surface area contributed by atoms with Crippen molar-refractivity contribution in [3.8, 4) is 5.75 Å². The summed E-state index contributed by atoms with van der Waals surface area (Å²) in [4.78, 5) is 0. The molecule has 2 nitrogen and oxygen atoms in total. The lowest BCUT2D eigenvalue weighted by atomic mass is 9.54. The molecule has 0 spiro atoms. The van der Waals surface area contributed by atoms with Crippen molar-refractivity contribution in [1.29, 1.82) is 0 Å². The van der Waals surface area contributed by atoms with Crippen LogP contribution in [0.15, 0.2) is 18.2 Å². The third-order valence-corrected chi connectivity index (χ3v) is 4.59. The number of fused-ring (bicyclic) bond motifs is 3. The van der Waals surface area contributed by atoms with Crippen LogP contribution >= 0.6 is 0 Å². The molecule has 0 aromatic heterocycles. The fourth-order valence-corrected chi connectivity index (χ4v) is 3.57. The van der Waals surface area contributed by atoms with E-state index in [0.29, 0.717) is 17.9 Å². The Morgan fingerprint density at radius 1 is 1.38 bits per heavy atom. The van der Waals surface area contributed by atoms with Gasteiger partial charge in [0.1, 0.15) is 5.75 Å². The minimum atomic E-state index is 0.417. The Morgan fingerprint density at radius 3 is 2.94 bits per heavy atom. The molecule has 2 N–H and O–H groups in total. The van der Waals surface area contributed by atoms with Crippen LogP contribution in [0.2, 0.25) is 0 Å². The van der Waals surface area contributed by atoms with E-state index in [1.165, 1.54) is 17.5 Å². The molecule has 4 unspecified atom stereocenters. The van der Waals surface area contributed by atoms with E-state index in [0.717, 1.165) is 18.1 Å². The predicted octanol–water partition coefficient (Wildman–Crippen LogP) is 2.32. The molecule has 16 heavy (non-hydrogen) atoms. The maximum Gasteiger partial charge on any atom is 0.119 e. The summed E-state index contributed by atoms with van der Waals surface area (Å²) in [6, 6.07) is 6.94. The highest BCUT2D eigenvalue weighted by molar-refractivity contribution is 5.42. The summed E-state index contributed by atoms with van der Waals surface area (Å²) >= 11 is 0. The maximum absolute atomic E-state index is 6.17. The van der Waals surface area contributed by atoms with Gasteiger partial charge in [-0.15, -0.1) is 0 Å². The number of rotatable bonds is 1. The van der Waals surface area contributed by atoms with Crippen LogP contribution in [-0.4, -0.2) is 13.2 Å². The van der Waals surface area contributed by atoms with Crippen LogP contribution in [0, 0.1) is 11.8 Å². The average Bonchev–Trinajstić information content (AvgIpc) is 2.35. The van der Waals surface area contributed by atoms with Gasteiger partial charge >= 0.3 is 0 Å². The van der Waals surface area contributed by atoms with Gasteiger partial charge in [-0.1, -0.05) is 13.0 Å². The highest BCUT2D eigenvalue weighted by Crippen LogP contribution is 2.52. The van der Waals surface area contributed by atoms with Crippen molar-refractivity contribution in [2.75, 3.05) is 7.11 Å². The Labute approximate surface area is 96.8 Å². The monoisotopic (exact) mass is 217 g/mol. The van der Waals surface area contributed by atoms with Crippen molar-refractivity contribution in [2.45, 2.75) is 31.7 Å². The van der Waals surface area contributed by atoms with E-state index in [-0.39, 0.29) is 0 Å². The van der Waals surface area contributed by atoms with Crippen LogP contribution in [0.5, 0.6) is 5.75 Å². The Morgan fingerprint density at radius 2 is 2.19 bits per heavy atom. The smallest absolute Gasteiger partial charge is 0.119 e. The van der Waals surface area contributed by atoms with Crippen molar-refractivity contribution >= 4 is 0 Å². The first kappa shape index (κ1) is 10.2. The molecule has 4 atom stereocenters. The molecule has 1 aromatic rings. The van der Waals surface area contributed by atoms with Crippen molar-refractivity contribution in [3.63, 3.8) is 0 Å². The van der Waals surface area contributed by atoms with E-state index in [1.807, 2.05) is 0 Å². The summed E-state index contributed by atoms with van der Waals surface area (Å²) in [5, 5.41) is 0. The van der Waals surface area contributed by atoms with Gasteiger partial charge in [-0.05, 0) is 53.9 Å². The minimum Gasteiger partial charge on any atom is -0.497 e. The second kappa shape index (κ2) is 3.49. The van der Waals surface area contributed by atoms with Crippen molar-refractivity contribution < 1.29 is 4.74 Å². The van der Waals surface area contributed by atoms with Crippen LogP contribution in [-0.2, 0) is 6.42 Å². The van der Waals surface area contributed by atoms with Crippen LogP contribution in [0.3, 0.4) is 0 Å². The predicted molar refractivity (Wildman–Crippen MR) is 64.7 cm³/mol. The third-order valence-electron chi connectivity index (χ3n) is 4.59. The van der Waals surface area contributed by atoms with Crippen LogP contribution < -0.4 is 10.5 Å². The lowest BCUT2D eigenvalue weighted by molar-refractivity contribution is 0.0949. The second-order valence-corrected chi connectivity index (χ2v) is 5.23. The molecule has 0 amide bonds. The first-order valence-corrected chi connectivity index (χ1v) is 6.14. The fraction of sp³-hybridized carbons (Fsp3) is 0.571. The highest BCUT2D eigenvalue weighted by Gasteiger charge is 2.48. The molecule has 0 heterocycles. The topological polar surface area (TPSA) is 35.2 Å². The van der Waals surface area contributed by atoms with Crippen molar-refractivity contribution in [2.24, 2.45) is 17.6 Å². The molecule has 2 aliphatic rings. The first-order chi connectivity index (χ1) is 7.72.